The molecule has 0 unspecified atom stereocenters. The first-order valence-electron chi connectivity index (χ1n) is 7.53. The van der Waals surface area contributed by atoms with Gasteiger partial charge in [-0.3, -0.25) is 0 Å². The number of benzene rings is 1. The number of methoxy groups -OCH3 is 1. The minimum Gasteiger partial charge on any atom is -0.497 e. The maximum absolute atomic E-state index is 10.9. The molecule has 3 nitrogen and oxygen atoms in total. The second kappa shape index (κ2) is 10.2. The van der Waals surface area contributed by atoms with Gasteiger partial charge in [-0.2, -0.15) is 0 Å². The summed E-state index contributed by atoms with van der Waals surface area (Å²) in [6, 6.07) is 7.86. The van der Waals surface area contributed by atoms with Gasteiger partial charge in [0.15, 0.2) is 0 Å². The smallest absolute Gasteiger partial charge is 0.123 e. The number of ether oxygens (including phenoxy) is 2. The Labute approximate surface area is 128 Å². The molecule has 2 atom stereocenters. The van der Waals surface area contributed by atoms with E-state index in [2.05, 4.69) is 19.1 Å². The Bertz CT molecular complexity index is 423. The highest BCUT2D eigenvalue weighted by atomic mass is 16.5. The molecular formula is C18H26O3. The molecule has 0 aliphatic carbocycles. The van der Waals surface area contributed by atoms with E-state index in [0.717, 1.165) is 30.4 Å². The van der Waals surface area contributed by atoms with Crippen molar-refractivity contribution in [3.8, 4) is 5.75 Å². The molecule has 0 amide bonds. The average molecular weight is 290 g/mol. The summed E-state index contributed by atoms with van der Waals surface area (Å²) in [6.45, 7) is 5.30. The maximum atomic E-state index is 10.9. The van der Waals surface area contributed by atoms with Gasteiger partial charge in [0, 0.05) is 12.5 Å². The molecular weight excluding hydrogens is 264 g/mol. The number of carbonyl (C=O) groups excluding carboxylic acids is 1. The summed E-state index contributed by atoms with van der Waals surface area (Å²) in [5.74, 6) is 1.15. The van der Waals surface area contributed by atoms with E-state index in [4.69, 9.17) is 9.47 Å². The van der Waals surface area contributed by atoms with Crippen LogP contribution < -0.4 is 4.74 Å². The van der Waals surface area contributed by atoms with Crippen molar-refractivity contribution >= 4 is 6.29 Å². The molecule has 0 aromatic heterocycles. The molecule has 1 aromatic rings. The quantitative estimate of drug-likeness (QED) is 0.371. The van der Waals surface area contributed by atoms with Gasteiger partial charge in [-0.15, -0.1) is 0 Å². The number of hydrogen-bond acceptors (Lipinski definition) is 3. The van der Waals surface area contributed by atoms with Crippen LogP contribution in [-0.2, 0) is 16.1 Å². The van der Waals surface area contributed by atoms with Crippen LogP contribution in [0.15, 0.2) is 36.4 Å². The zero-order chi connectivity index (χ0) is 15.5. The van der Waals surface area contributed by atoms with E-state index in [-0.39, 0.29) is 11.8 Å². The summed E-state index contributed by atoms with van der Waals surface area (Å²) in [7, 11) is 1.66. The molecule has 0 radical (unpaired) electrons. The van der Waals surface area contributed by atoms with Crippen LogP contribution in [-0.4, -0.2) is 20.0 Å². The van der Waals surface area contributed by atoms with Crippen molar-refractivity contribution in [3.63, 3.8) is 0 Å². The fourth-order valence-corrected chi connectivity index (χ4v) is 2.08. The fourth-order valence-electron chi connectivity index (χ4n) is 2.08. The summed E-state index contributed by atoms with van der Waals surface area (Å²) in [6.07, 6.45) is 7.14. The molecule has 0 saturated heterocycles. The van der Waals surface area contributed by atoms with E-state index < -0.39 is 0 Å². The SMILES string of the molecule is CCC=C[C@H](CCOCc1ccc(OC)cc1)[C@@H](C)C=O. The molecule has 0 aliphatic rings. The Morgan fingerprint density at radius 2 is 1.95 bits per heavy atom. The highest BCUT2D eigenvalue weighted by Gasteiger charge is 2.13. The predicted octanol–water partition coefficient (Wildman–Crippen LogP) is 4.02. The van der Waals surface area contributed by atoms with E-state index in [1.807, 2.05) is 31.2 Å². The Morgan fingerprint density at radius 1 is 1.24 bits per heavy atom. The number of carbonyl (C=O) groups is 1. The number of aldehydes is 1. The molecule has 0 aliphatic heterocycles. The minimum absolute atomic E-state index is 0.0392. The summed E-state index contributed by atoms with van der Waals surface area (Å²) < 4.78 is 10.8. The molecule has 21 heavy (non-hydrogen) atoms. The molecule has 0 saturated carbocycles. The van der Waals surface area contributed by atoms with E-state index >= 15 is 0 Å². The van der Waals surface area contributed by atoms with Gasteiger partial charge < -0.3 is 14.3 Å². The molecule has 0 spiro atoms. The first kappa shape index (κ1) is 17.4. The van der Waals surface area contributed by atoms with Gasteiger partial charge in [-0.1, -0.05) is 38.1 Å². The predicted molar refractivity (Wildman–Crippen MR) is 85.4 cm³/mol. The lowest BCUT2D eigenvalue weighted by molar-refractivity contribution is -0.111. The van der Waals surface area contributed by atoms with Crippen LogP contribution in [0.2, 0.25) is 0 Å². The van der Waals surface area contributed by atoms with E-state index in [9.17, 15) is 4.79 Å². The second-order valence-corrected chi connectivity index (χ2v) is 5.18. The van der Waals surface area contributed by atoms with Gasteiger partial charge in [-0.05, 0) is 36.5 Å². The van der Waals surface area contributed by atoms with Crippen molar-refractivity contribution in [1.29, 1.82) is 0 Å². The fraction of sp³-hybridized carbons (Fsp3) is 0.500. The van der Waals surface area contributed by atoms with Crippen molar-refractivity contribution in [2.45, 2.75) is 33.3 Å². The molecule has 0 bridgehead atoms. The zero-order valence-corrected chi connectivity index (χ0v) is 13.2. The normalized spacial score (nSPS) is 14.0. The lowest BCUT2D eigenvalue weighted by atomic mass is 9.92. The van der Waals surface area contributed by atoms with Crippen LogP contribution in [0.5, 0.6) is 5.75 Å². The second-order valence-electron chi connectivity index (χ2n) is 5.18. The van der Waals surface area contributed by atoms with Gasteiger partial charge in [0.1, 0.15) is 12.0 Å². The monoisotopic (exact) mass is 290 g/mol. The van der Waals surface area contributed by atoms with Crippen LogP contribution >= 0.6 is 0 Å². The summed E-state index contributed by atoms with van der Waals surface area (Å²) in [5, 5.41) is 0. The van der Waals surface area contributed by atoms with Crippen molar-refractivity contribution in [1.82, 2.24) is 0 Å². The Kier molecular flexibility index (Phi) is 8.44. The molecule has 116 valence electrons. The van der Waals surface area contributed by atoms with Gasteiger partial charge in [0.25, 0.3) is 0 Å². The van der Waals surface area contributed by atoms with Crippen LogP contribution in [0.3, 0.4) is 0 Å². The van der Waals surface area contributed by atoms with Gasteiger partial charge in [0.2, 0.25) is 0 Å². The van der Waals surface area contributed by atoms with Gasteiger partial charge >= 0.3 is 0 Å². The lowest BCUT2D eigenvalue weighted by Gasteiger charge is -2.16. The largest absolute Gasteiger partial charge is 0.497 e. The standard InChI is InChI=1S/C18H26O3/c1-4-5-6-17(15(2)13-19)11-12-21-14-16-7-9-18(20-3)10-8-16/h5-10,13,15,17H,4,11-12,14H2,1-3H3/t15-,17+/m0/s1. The Hall–Kier alpha value is -1.61. The molecule has 0 heterocycles. The van der Waals surface area contributed by atoms with Crippen molar-refractivity contribution in [2.75, 3.05) is 13.7 Å². The van der Waals surface area contributed by atoms with E-state index in [1.165, 1.54) is 0 Å². The van der Waals surface area contributed by atoms with E-state index in [0.29, 0.717) is 13.2 Å². The average Bonchev–Trinajstić information content (AvgIpc) is 2.54. The van der Waals surface area contributed by atoms with Crippen LogP contribution in [0.4, 0.5) is 0 Å². The topological polar surface area (TPSA) is 35.5 Å². The van der Waals surface area contributed by atoms with Crippen LogP contribution in [0.25, 0.3) is 0 Å². The molecule has 3 heteroatoms. The van der Waals surface area contributed by atoms with E-state index in [1.54, 1.807) is 7.11 Å². The Balaban J connectivity index is 2.35. The zero-order valence-electron chi connectivity index (χ0n) is 13.2. The lowest BCUT2D eigenvalue weighted by Crippen LogP contribution is -2.13. The Morgan fingerprint density at radius 3 is 2.52 bits per heavy atom. The maximum Gasteiger partial charge on any atom is 0.123 e. The van der Waals surface area contributed by atoms with Gasteiger partial charge in [-0.25, -0.2) is 0 Å². The summed E-state index contributed by atoms with van der Waals surface area (Å²) in [4.78, 5) is 10.9. The highest BCUT2D eigenvalue weighted by Crippen LogP contribution is 2.17. The molecule has 0 fully saturated rings. The van der Waals surface area contributed by atoms with Crippen LogP contribution in [0, 0.1) is 11.8 Å². The number of allylic oxidation sites excluding steroid dienone is 2. The number of rotatable bonds is 10. The third-order valence-corrected chi connectivity index (χ3v) is 3.53. The third-order valence-electron chi connectivity index (χ3n) is 3.53. The molecule has 0 N–H and O–H groups in total. The highest BCUT2D eigenvalue weighted by molar-refractivity contribution is 5.53. The van der Waals surface area contributed by atoms with Crippen molar-refractivity contribution < 1.29 is 14.3 Å². The summed E-state index contributed by atoms with van der Waals surface area (Å²) in [5.41, 5.74) is 1.12. The molecule has 1 rings (SSSR count). The van der Waals surface area contributed by atoms with Crippen molar-refractivity contribution in [2.24, 2.45) is 11.8 Å². The van der Waals surface area contributed by atoms with Gasteiger partial charge in [0.05, 0.1) is 13.7 Å². The minimum atomic E-state index is 0.0392. The third kappa shape index (κ3) is 6.58. The first-order chi connectivity index (χ1) is 10.2. The first-order valence-corrected chi connectivity index (χ1v) is 7.53. The number of hydrogen-bond donors (Lipinski definition) is 0. The molecule has 1 aromatic carbocycles. The van der Waals surface area contributed by atoms with Crippen molar-refractivity contribution in [3.05, 3.63) is 42.0 Å². The van der Waals surface area contributed by atoms with Crippen LogP contribution in [0.1, 0.15) is 32.3 Å². The summed E-state index contributed by atoms with van der Waals surface area (Å²) >= 11 is 0.